The summed E-state index contributed by atoms with van der Waals surface area (Å²) in [5, 5.41) is 2.47. The first-order valence-corrected chi connectivity index (χ1v) is 6.15. The highest BCUT2D eigenvalue weighted by molar-refractivity contribution is 9.10. The van der Waals surface area contributed by atoms with Gasteiger partial charge in [0, 0.05) is 17.6 Å². The first kappa shape index (κ1) is 15.7. The average molecular weight is 337 g/mol. The van der Waals surface area contributed by atoms with Gasteiger partial charge in [-0.1, -0.05) is 12.2 Å². The molecule has 3 N–H and O–H groups in total. The molecule has 0 unspecified atom stereocenters. The number of carbonyl (C=O) groups excluding carboxylic acids is 1. The fourth-order valence-corrected chi connectivity index (χ4v) is 1.73. The topological polar surface area (TPSA) is 55.1 Å². The number of alkyl halides is 3. The van der Waals surface area contributed by atoms with Gasteiger partial charge >= 0.3 is 6.18 Å². The molecule has 0 saturated carbocycles. The highest BCUT2D eigenvalue weighted by Crippen LogP contribution is 2.31. The number of amides is 1. The fraction of sp³-hybridized carbons (Fsp3) is 0.250. The summed E-state index contributed by atoms with van der Waals surface area (Å²) in [6.07, 6.45) is -1.21. The maximum atomic E-state index is 12.5. The average Bonchev–Trinajstić information content (AvgIpc) is 2.33. The summed E-state index contributed by atoms with van der Waals surface area (Å²) in [7, 11) is 0. The number of halogens is 4. The van der Waals surface area contributed by atoms with Crippen molar-refractivity contribution in [3.8, 4) is 0 Å². The largest absolute Gasteiger partial charge is 0.416 e. The summed E-state index contributed by atoms with van der Waals surface area (Å²) >= 11 is 3.05. The summed E-state index contributed by atoms with van der Waals surface area (Å²) in [6, 6.07) is 2.93. The molecular weight excluding hydrogens is 325 g/mol. The van der Waals surface area contributed by atoms with Crippen LogP contribution in [0.15, 0.2) is 34.8 Å². The van der Waals surface area contributed by atoms with Crippen molar-refractivity contribution in [2.75, 3.05) is 13.1 Å². The minimum absolute atomic E-state index is 0.0593. The van der Waals surface area contributed by atoms with Crippen molar-refractivity contribution < 1.29 is 18.0 Å². The van der Waals surface area contributed by atoms with Crippen molar-refractivity contribution >= 4 is 21.8 Å². The Balaban J connectivity index is 2.87. The van der Waals surface area contributed by atoms with Crippen LogP contribution in [0.3, 0.4) is 0 Å². The van der Waals surface area contributed by atoms with Gasteiger partial charge in [0.2, 0.25) is 0 Å². The first-order chi connectivity index (χ1) is 8.86. The number of rotatable bonds is 4. The third-order valence-corrected chi connectivity index (χ3v) is 2.91. The zero-order valence-electron chi connectivity index (χ0n) is 9.80. The van der Waals surface area contributed by atoms with E-state index in [-0.39, 0.29) is 12.1 Å². The van der Waals surface area contributed by atoms with Crippen molar-refractivity contribution in [2.24, 2.45) is 5.73 Å². The molecular formula is C12H12BrF3N2O. The van der Waals surface area contributed by atoms with E-state index in [9.17, 15) is 18.0 Å². The van der Waals surface area contributed by atoms with Crippen molar-refractivity contribution in [1.82, 2.24) is 5.32 Å². The second-order valence-corrected chi connectivity index (χ2v) is 4.46. The molecule has 0 aliphatic heterocycles. The van der Waals surface area contributed by atoms with Gasteiger partial charge in [0.15, 0.2) is 0 Å². The molecule has 0 aromatic heterocycles. The molecule has 0 atom stereocenters. The lowest BCUT2D eigenvalue weighted by Crippen LogP contribution is -2.24. The van der Waals surface area contributed by atoms with Crippen LogP contribution >= 0.6 is 15.9 Å². The number of nitrogens with one attached hydrogen (secondary N) is 1. The number of carbonyl (C=O) groups is 1. The minimum atomic E-state index is -4.48. The Kier molecular flexibility index (Phi) is 5.56. The van der Waals surface area contributed by atoms with E-state index in [0.717, 1.165) is 12.1 Å². The smallest absolute Gasteiger partial charge is 0.349 e. The first-order valence-electron chi connectivity index (χ1n) is 5.36. The van der Waals surface area contributed by atoms with E-state index in [2.05, 4.69) is 21.2 Å². The van der Waals surface area contributed by atoms with Gasteiger partial charge in [0.1, 0.15) is 0 Å². The molecule has 1 amide bonds. The van der Waals surface area contributed by atoms with Crippen LogP contribution in [0.1, 0.15) is 15.9 Å². The predicted molar refractivity (Wildman–Crippen MR) is 69.7 cm³/mol. The molecule has 0 bridgehead atoms. The zero-order chi connectivity index (χ0) is 14.5. The van der Waals surface area contributed by atoms with Crippen molar-refractivity contribution in [2.45, 2.75) is 6.18 Å². The SMILES string of the molecule is NC/C=C/CNC(=O)c1cc(C(F)(F)F)ccc1Br. The number of hydrogen-bond donors (Lipinski definition) is 2. The second-order valence-electron chi connectivity index (χ2n) is 3.61. The third kappa shape index (κ3) is 4.68. The Labute approximate surface area is 116 Å². The molecule has 0 aliphatic rings. The van der Waals surface area contributed by atoms with Crippen LogP contribution in [0, 0.1) is 0 Å². The van der Waals surface area contributed by atoms with Crippen molar-refractivity contribution in [1.29, 1.82) is 0 Å². The fourth-order valence-electron chi connectivity index (χ4n) is 1.30. The Morgan fingerprint density at radius 3 is 2.63 bits per heavy atom. The van der Waals surface area contributed by atoms with Crippen LogP contribution in [-0.4, -0.2) is 19.0 Å². The maximum Gasteiger partial charge on any atom is 0.416 e. The second kappa shape index (κ2) is 6.72. The zero-order valence-corrected chi connectivity index (χ0v) is 11.4. The molecule has 0 heterocycles. The highest BCUT2D eigenvalue weighted by Gasteiger charge is 2.31. The molecule has 1 aromatic carbocycles. The van der Waals surface area contributed by atoms with E-state index in [4.69, 9.17) is 5.73 Å². The van der Waals surface area contributed by atoms with Crippen LogP contribution in [0.4, 0.5) is 13.2 Å². The van der Waals surface area contributed by atoms with Gasteiger partial charge in [0.25, 0.3) is 5.91 Å². The van der Waals surface area contributed by atoms with E-state index in [1.807, 2.05) is 0 Å². The van der Waals surface area contributed by atoms with Gasteiger partial charge < -0.3 is 11.1 Å². The maximum absolute atomic E-state index is 12.5. The van der Waals surface area contributed by atoms with E-state index < -0.39 is 17.6 Å². The molecule has 0 aliphatic carbocycles. The van der Waals surface area contributed by atoms with Crippen LogP contribution in [-0.2, 0) is 6.18 Å². The van der Waals surface area contributed by atoms with Crippen molar-refractivity contribution in [3.05, 3.63) is 46.0 Å². The lowest BCUT2D eigenvalue weighted by atomic mass is 10.1. The summed E-state index contributed by atoms with van der Waals surface area (Å²) in [5.41, 5.74) is 4.29. The monoisotopic (exact) mass is 336 g/mol. The molecule has 0 fully saturated rings. The molecule has 0 saturated heterocycles. The summed E-state index contributed by atoms with van der Waals surface area (Å²) in [5.74, 6) is -0.584. The normalized spacial score (nSPS) is 11.8. The molecule has 1 aromatic rings. The lowest BCUT2D eigenvalue weighted by Gasteiger charge is -2.10. The van der Waals surface area contributed by atoms with E-state index >= 15 is 0 Å². The Morgan fingerprint density at radius 1 is 1.37 bits per heavy atom. The van der Waals surface area contributed by atoms with Crippen LogP contribution in [0.25, 0.3) is 0 Å². The van der Waals surface area contributed by atoms with Crippen LogP contribution in [0.2, 0.25) is 0 Å². The van der Waals surface area contributed by atoms with E-state index in [0.29, 0.717) is 11.0 Å². The Morgan fingerprint density at radius 2 is 2.05 bits per heavy atom. The van der Waals surface area contributed by atoms with Gasteiger partial charge in [-0.15, -0.1) is 0 Å². The van der Waals surface area contributed by atoms with Crippen molar-refractivity contribution in [3.63, 3.8) is 0 Å². The van der Waals surface area contributed by atoms with E-state index in [1.165, 1.54) is 6.07 Å². The molecule has 7 heteroatoms. The molecule has 3 nitrogen and oxygen atoms in total. The molecule has 104 valence electrons. The van der Waals surface area contributed by atoms with Crippen LogP contribution in [0.5, 0.6) is 0 Å². The number of hydrogen-bond acceptors (Lipinski definition) is 2. The lowest BCUT2D eigenvalue weighted by molar-refractivity contribution is -0.137. The molecule has 0 spiro atoms. The number of nitrogens with two attached hydrogens (primary N) is 1. The van der Waals surface area contributed by atoms with Gasteiger partial charge in [-0.05, 0) is 34.1 Å². The third-order valence-electron chi connectivity index (χ3n) is 2.22. The molecule has 1 rings (SSSR count). The summed E-state index contributed by atoms with van der Waals surface area (Å²) < 4.78 is 37.9. The summed E-state index contributed by atoms with van der Waals surface area (Å²) in [6.45, 7) is 0.543. The Hall–Kier alpha value is -1.34. The minimum Gasteiger partial charge on any atom is -0.349 e. The molecule has 19 heavy (non-hydrogen) atoms. The number of benzene rings is 1. The quantitative estimate of drug-likeness (QED) is 0.830. The van der Waals surface area contributed by atoms with Gasteiger partial charge in [0.05, 0.1) is 11.1 Å². The Bertz CT molecular complexity index is 486. The van der Waals surface area contributed by atoms with Crippen LogP contribution < -0.4 is 11.1 Å². The standard InChI is InChI=1S/C12H12BrF3N2O/c13-10-4-3-8(12(14,15)16)7-9(10)11(19)18-6-2-1-5-17/h1-4,7H,5-6,17H2,(H,18,19)/b2-1+. The highest BCUT2D eigenvalue weighted by atomic mass is 79.9. The van der Waals surface area contributed by atoms with Gasteiger partial charge in [-0.25, -0.2) is 0 Å². The van der Waals surface area contributed by atoms with Gasteiger partial charge in [-0.2, -0.15) is 13.2 Å². The molecule has 0 radical (unpaired) electrons. The summed E-state index contributed by atoms with van der Waals surface area (Å²) in [4.78, 5) is 11.7. The van der Waals surface area contributed by atoms with Gasteiger partial charge in [-0.3, -0.25) is 4.79 Å². The predicted octanol–water partition coefficient (Wildman–Crippen LogP) is 2.71. The van der Waals surface area contributed by atoms with E-state index in [1.54, 1.807) is 12.2 Å².